The molecule has 1 N–H and O–H groups in total. The number of anilines is 1. The molecule has 1 saturated heterocycles. The molecular weight excluding hydrogens is 296 g/mol. The number of hydrogen-bond acceptors (Lipinski definition) is 8. The molecule has 0 unspecified atom stereocenters. The fourth-order valence-corrected chi connectivity index (χ4v) is 2.81. The summed E-state index contributed by atoms with van der Waals surface area (Å²) in [6.45, 7) is 6.37. The first kappa shape index (κ1) is 14.1. The first-order valence-electron chi connectivity index (χ1n) is 7.76. The Balaban J connectivity index is 1.41. The molecule has 1 aliphatic rings. The number of rotatable bonds is 4. The molecule has 0 atom stereocenters. The first-order valence-corrected chi connectivity index (χ1v) is 7.76. The summed E-state index contributed by atoms with van der Waals surface area (Å²) in [4.78, 5) is 24.8. The molecular formula is C14H18N8O. The Kier molecular flexibility index (Phi) is 3.62. The molecule has 1 fully saturated rings. The topological polar surface area (TPSA) is 99.9 Å². The van der Waals surface area contributed by atoms with Crippen LogP contribution in [0, 0.1) is 0 Å². The predicted molar refractivity (Wildman–Crippen MR) is 82.8 cm³/mol. The van der Waals surface area contributed by atoms with Gasteiger partial charge in [-0.2, -0.15) is 4.98 Å². The van der Waals surface area contributed by atoms with Gasteiger partial charge in [0.1, 0.15) is 11.8 Å². The minimum absolute atomic E-state index is 0.696. The van der Waals surface area contributed by atoms with Crippen LogP contribution in [0.5, 0.6) is 0 Å². The minimum atomic E-state index is 0.696. The second kappa shape index (κ2) is 5.92. The molecule has 0 aliphatic carbocycles. The average Bonchev–Trinajstić information content (AvgIpc) is 3.24. The summed E-state index contributed by atoms with van der Waals surface area (Å²) in [7, 11) is 0. The van der Waals surface area contributed by atoms with E-state index in [0.29, 0.717) is 11.5 Å². The van der Waals surface area contributed by atoms with Gasteiger partial charge in [0.05, 0.1) is 12.9 Å². The van der Waals surface area contributed by atoms with E-state index < -0.39 is 0 Å². The van der Waals surface area contributed by atoms with E-state index in [9.17, 15) is 0 Å². The summed E-state index contributed by atoms with van der Waals surface area (Å²) in [5.41, 5.74) is 1.60. The molecule has 23 heavy (non-hydrogen) atoms. The highest BCUT2D eigenvalue weighted by Gasteiger charge is 2.21. The molecule has 1 aliphatic heterocycles. The lowest BCUT2D eigenvalue weighted by atomic mass is 10.3. The number of imidazole rings is 1. The van der Waals surface area contributed by atoms with Crippen LogP contribution in [-0.4, -0.2) is 61.2 Å². The number of H-pyrrole nitrogens is 1. The van der Waals surface area contributed by atoms with Gasteiger partial charge in [-0.1, -0.05) is 12.1 Å². The van der Waals surface area contributed by atoms with Crippen molar-refractivity contribution in [2.45, 2.75) is 19.9 Å². The molecule has 9 nitrogen and oxygen atoms in total. The highest BCUT2D eigenvalue weighted by atomic mass is 16.5. The normalized spacial score (nSPS) is 16.3. The number of hydrogen-bond donors (Lipinski definition) is 1. The maximum atomic E-state index is 5.16. The lowest BCUT2D eigenvalue weighted by Crippen LogP contribution is -2.46. The first-order chi connectivity index (χ1) is 11.3. The van der Waals surface area contributed by atoms with Crippen molar-refractivity contribution in [3.05, 3.63) is 24.4 Å². The number of fused-ring (bicyclic) bond motifs is 1. The van der Waals surface area contributed by atoms with Crippen LogP contribution in [0.15, 0.2) is 17.2 Å². The standard InChI is InChI=1S/C14H18N8O/c1-2-11-19-10(20-23-11)7-21-3-5-22(6-4-21)14-12-13(16-8-15-12)17-9-18-14/h8-9H,2-7H2,1H3,(H,15,16,17,18). The monoisotopic (exact) mass is 314 g/mol. The molecule has 3 aromatic rings. The molecule has 0 saturated carbocycles. The van der Waals surface area contributed by atoms with Crippen molar-refractivity contribution < 1.29 is 4.52 Å². The second-order valence-corrected chi connectivity index (χ2v) is 5.52. The second-order valence-electron chi connectivity index (χ2n) is 5.52. The zero-order valence-electron chi connectivity index (χ0n) is 12.9. The fourth-order valence-electron chi connectivity index (χ4n) is 2.81. The number of aromatic nitrogens is 6. The number of aromatic amines is 1. The summed E-state index contributed by atoms with van der Waals surface area (Å²) in [6.07, 6.45) is 3.99. The molecule has 0 aromatic carbocycles. The quantitative estimate of drug-likeness (QED) is 0.748. The predicted octanol–water partition coefficient (Wildman–Crippen LogP) is 0.620. The van der Waals surface area contributed by atoms with Crippen molar-refractivity contribution in [1.82, 2.24) is 35.0 Å². The Morgan fingerprint density at radius 3 is 2.83 bits per heavy atom. The van der Waals surface area contributed by atoms with E-state index >= 15 is 0 Å². The van der Waals surface area contributed by atoms with Crippen LogP contribution in [0.2, 0.25) is 0 Å². The Morgan fingerprint density at radius 1 is 1.17 bits per heavy atom. The summed E-state index contributed by atoms with van der Waals surface area (Å²) in [5, 5.41) is 4.02. The molecule has 0 radical (unpaired) electrons. The lowest BCUT2D eigenvalue weighted by Gasteiger charge is -2.34. The molecule has 0 amide bonds. The minimum Gasteiger partial charge on any atom is -0.352 e. The van der Waals surface area contributed by atoms with Gasteiger partial charge in [-0.3, -0.25) is 4.90 Å². The van der Waals surface area contributed by atoms with Crippen molar-refractivity contribution in [3.8, 4) is 0 Å². The van der Waals surface area contributed by atoms with Crippen LogP contribution in [0.4, 0.5) is 5.82 Å². The molecule has 0 bridgehead atoms. The van der Waals surface area contributed by atoms with E-state index in [2.05, 4.69) is 39.9 Å². The Morgan fingerprint density at radius 2 is 2.04 bits per heavy atom. The van der Waals surface area contributed by atoms with Gasteiger partial charge in [0.15, 0.2) is 17.3 Å². The van der Waals surface area contributed by atoms with Crippen LogP contribution in [-0.2, 0) is 13.0 Å². The average molecular weight is 314 g/mol. The number of aryl methyl sites for hydroxylation is 1. The molecule has 4 rings (SSSR count). The van der Waals surface area contributed by atoms with Gasteiger partial charge in [0, 0.05) is 32.6 Å². The van der Waals surface area contributed by atoms with Gasteiger partial charge in [-0.05, 0) is 0 Å². The maximum absolute atomic E-state index is 5.16. The van der Waals surface area contributed by atoms with Crippen molar-refractivity contribution in [3.63, 3.8) is 0 Å². The van der Waals surface area contributed by atoms with E-state index in [0.717, 1.165) is 56.3 Å². The van der Waals surface area contributed by atoms with E-state index in [4.69, 9.17) is 4.52 Å². The number of nitrogens with zero attached hydrogens (tertiary/aromatic N) is 7. The number of nitrogens with one attached hydrogen (secondary N) is 1. The molecule has 4 heterocycles. The van der Waals surface area contributed by atoms with Crippen molar-refractivity contribution in [1.29, 1.82) is 0 Å². The summed E-state index contributed by atoms with van der Waals surface area (Å²) < 4.78 is 5.16. The van der Waals surface area contributed by atoms with Gasteiger partial charge in [-0.15, -0.1) is 0 Å². The van der Waals surface area contributed by atoms with Crippen molar-refractivity contribution >= 4 is 17.0 Å². The van der Waals surface area contributed by atoms with Gasteiger partial charge < -0.3 is 14.4 Å². The Bertz CT molecular complexity index is 789. The third-order valence-corrected chi connectivity index (χ3v) is 4.05. The fraction of sp³-hybridized carbons (Fsp3) is 0.500. The lowest BCUT2D eigenvalue weighted by molar-refractivity contribution is 0.239. The third kappa shape index (κ3) is 2.74. The van der Waals surface area contributed by atoms with Gasteiger partial charge >= 0.3 is 0 Å². The maximum Gasteiger partial charge on any atom is 0.226 e. The van der Waals surface area contributed by atoms with Crippen LogP contribution in [0.25, 0.3) is 11.2 Å². The van der Waals surface area contributed by atoms with Crippen LogP contribution < -0.4 is 4.90 Å². The third-order valence-electron chi connectivity index (χ3n) is 4.05. The van der Waals surface area contributed by atoms with Gasteiger partial charge in [-0.25, -0.2) is 15.0 Å². The van der Waals surface area contributed by atoms with Crippen LogP contribution in [0.3, 0.4) is 0 Å². The smallest absolute Gasteiger partial charge is 0.226 e. The van der Waals surface area contributed by atoms with Crippen molar-refractivity contribution in [2.75, 3.05) is 31.1 Å². The largest absolute Gasteiger partial charge is 0.352 e. The van der Waals surface area contributed by atoms with Crippen LogP contribution >= 0.6 is 0 Å². The van der Waals surface area contributed by atoms with Crippen molar-refractivity contribution in [2.24, 2.45) is 0 Å². The number of piperazine rings is 1. The van der Waals surface area contributed by atoms with E-state index in [-0.39, 0.29) is 0 Å². The molecule has 0 spiro atoms. The highest BCUT2D eigenvalue weighted by molar-refractivity contribution is 5.82. The Hall–Kier alpha value is -2.55. The SMILES string of the molecule is CCc1nc(CN2CCN(c3ncnc4nc[nH]c34)CC2)no1. The van der Waals surface area contributed by atoms with E-state index in [1.165, 1.54) is 0 Å². The summed E-state index contributed by atoms with van der Waals surface area (Å²) >= 11 is 0. The molecule has 120 valence electrons. The summed E-state index contributed by atoms with van der Waals surface area (Å²) in [6, 6.07) is 0. The van der Waals surface area contributed by atoms with Gasteiger partial charge in [0.2, 0.25) is 5.89 Å². The highest BCUT2D eigenvalue weighted by Crippen LogP contribution is 2.21. The summed E-state index contributed by atoms with van der Waals surface area (Å²) in [5.74, 6) is 2.37. The molecule has 9 heteroatoms. The van der Waals surface area contributed by atoms with Crippen LogP contribution in [0.1, 0.15) is 18.6 Å². The molecule has 3 aromatic heterocycles. The zero-order chi connectivity index (χ0) is 15.6. The Labute approximate surface area is 132 Å². The zero-order valence-corrected chi connectivity index (χ0v) is 12.9. The van der Waals surface area contributed by atoms with Gasteiger partial charge in [0.25, 0.3) is 0 Å². The van der Waals surface area contributed by atoms with E-state index in [1.807, 2.05) is 6.92 Å². The van der Waals surface area contributed by atoms with E-state index in [1.54, 1.807) is 12.7 Å².